The first-order chi connectivity index (χ1) is 8.57. The Morgan fingerprint density at radius 1 is 1.28 bits per heavy atom. The number of rotatable bonds is 4. The highest BCUT2D eigenvalue weighted by atomic mass is 32.1. The van der Waals surface area contributed by atoms with Crippen molar-refractivity contribution in [3.63, 3.8) is 0 Å². The average Bonchev–Trinajstić information content (AvgIpc) is 2.69. The van der Waals surface area contributed by atoms with Gasteiger partial charge >= 0.3 is 0 Å². The minimum Gasteiger partial charge on any atom is -0.329 e. The van der Waals surface area contributed by atoms with Crippen molar-refractivity contribution >= 4 is 23.4 Å². The summed E-state index contributed by atoms with van der Waals surface area (Å²) < 4.78 is 3.01. The van der Waals surface area contributed by atoms with E-state index in [1.165, 1.54) is 0 Å². The fraction of sp³-hybridized carbons (Fsp3) is 0.571. The number of hydrogen-bond donors (Lipinski definition) is 1. The Bertz CT molecular complexity index is 597. The Hall–Kier alpha value is -1.16. The second-order valence-corrected chi connectivity index (χ2v) is 5.32. The lowest BCUT2D eigenvalue weighted by atomic mass is 9.89. The number of fused-ring (bicyclic) bond motifs is 1. The number of aromatic amines is 1. The van der Waals surface area contributed by atoms with E-state index in [1.807, 2.05) is 13.1 Å². The van der Waals surface area contributed by atoms with Gasteiger partial charge < -0.3 is 4.98 Å². The molecule has 0 radical (unpaired) electrons. The standard InChI is InChI=1S/C14H21N3S/c1-5-14(6-2,7-3)17-12-11(16-13(17)18)8-10(4)9-15-12/h8-9H,5-7H2,1-4H3,(H,16,18). The highest BCUT2D eigenvalue weighted by Gasteiger charge is 2.29. The Kier molecular flexibility index (Phi) is 3.57. The van der Waals surface area contributed by atoms with Crippen LogP contribution in [0.1, 0.15) is 45.6 Å². The minimum atomic E-state index is 0.0809. The largest absolute Gasteiger partial charge is 0.329 e. The van der Waals surface area contributed by atoms with Crippen molar-refractivity contribution in [2.45, 2.75) is 52.5 Å². The summed E-state index contributed by atoms with van der Waals surface area (Å²) in [6.45, 7) is 8.72. The Labute approximate surface area is 113 Å². The van der Waals surface area contributed by atoms with Crippen molar-refractivity contribution in [2.75, 3.05) is 0 Å². The van der Waals surface area contributed by atoms with E-state index in [2.05, 4.69) is 41.4 Å². The molecule has 2 aromatic rings. The highest BCUT2D eigenvalue weighted by molar-refractivity contribution is 7.71. The number of nitrogens with zero attached hydrogens (tertiary/aromatic N) is 2. The lowest BCUT2D eigenvalue weighted by Gasteiger charge is -2.32. The number of pyridine rings is 1. The van der Waals surface area contributed by atoms with Crippen molar-refractivity contribution in [3.8, 4) is 0 Å². The first-order valence-electron chi connectivity index (χ1n) is 6.65. The summed E-state index contributed by atoms with van der Waals surface area (Å²) in [7, 11) is 0. The van der Waals surface area contributed by atoms with Crippen LogP contribution in [0.3, 0.4) is 0 Å². The number of H-pyrrole nitrogens is 1. The van der Waals surface area contributed by atoms with E-state index in [0.29, 0.717) is 0 Å². The zero-order chi connectivity index (χ0) is 13.3. The minimum absolute atomic E-state index is 0.0809. The molecule has 2 aromatic heterocycles. The molecule has 0 amide bonds. The summed E-state index contributed by atoms with van der Waals surface area (Å²) in [4.78, 5) is 7.87. The maximum Gasteiger partial charge on any atom is 0.179 e. The van der Waals surface area contributed by atoms with Crippen LogP contribution in [0.2, 0.25) is 0 Å². The predicted molar refractivity (Wildman–Crippen MR) is 78.5 cm³/mol. The van der Waals surface area contributed by atoms with Gasteiger partial charge in [0.1, 0.15) is 0 Å². The average molecular weight is 263 g/mol. The summed E-state index contributed by atoms with van der Waals surface area (Å²) in [6.07, 6.45) is 5.11. The molecule has 98 valence electrons. The first-order valence-corrected chi connectivity index (χ1v) is 7.06. The molecular weight excluding hydrogens is 242 g/mol. The van der Waals surface area contributed by atoms with Gasteiger partial charge in [0.05, 0.1) is 5.52 Å². The maximum atomic E-state index is 5.51. The first kappa shape index (κ1) is 13.3. The van der Waals surface area contributed by atoms with Gasteiger partial charge in [-0.05, 0) is 50.0 Å². The van der Waals surface area contributed by atoms with E-state index in [1.54, 1.807) is 0 Å². The molecule has 0 aliphatic rings. The topological polar surface area (TPSA) is 33.6 Å². The number of imidazole rings is 1. The van der Waals surface area contributed by atoms with Crippen LogP contribution in [0, 0.1) is 11.7 Å². The fourth-order valence-electron chi connectivity index (χ4n) is 2.76. The van der Waals surface area contributed by atoms with E-state index >= 15 is 0 Å². The van der Waals surface area contributed by atoms with Gasteiger partial charge in [-0.3, -0.25) is 4.57 Å². The maximum absolute atomic E-state index is 5.51. The molecule has 0 aliphatic carbocycles. The summed E-state index contributed by atoms with van der Waals surface area (Å²) in [5, 5.41) is 0. The second kappa shape index (κ2) is 4.84. The molecule has 0 fully saturated rings. The van der Waals surface area contributed by atoms with Gasteiger partial charge in [-0.1, -0.05) is 20.8 Å². The molecule has 0 aromatic carbocycles. The summed E-state index contributed by atoms with van der Waals surface area (Å²) in [5.74, 6) is 0. The van der Waals surface area contributed by atoms with Gasteiger partial charge in [0, 0.05) is 11.7 Å². The SMILES string of the molecule is CCC(CC)(CC)n1c(=S)[nH]c2cc(C)cnc21. The third-order valence-corrected chi connectivity index (χ3v) is 4.39. The van der Waals surface area contributed by atoms with Crippen LogP contribution in [-0.4, -0.2) is 14.5 Å². The number of aromatic nitrogens is 3. The molecule has 0 saturated heterocycles. The molecule has 0 bridgehead atoms. The van der Waals surface area contributed by atoms with E-state index in [0.717, 1.165) is 40.8 Å². The molecule has 2 heterocycles. The smallest absolute Gasteiger partial charge is 0.179 e. The third-order valence-electron chi connectivity index (χ3n) is 4.11. The van der Waals surface area contributed by atoms with Crippen LogP contribution >= 0.6 is 12.2 Å². The van der Waals surface area contributed by atoms with Crippen LogP contribution in [0.25, 0.3) is 11.2 Å². The lowest BCUT2D eigenvalue weighted by Crippen LogP contribution is -2.31. The molecular formula is C14H21N3S. The van der Waals surface area contributed by atoms with Gasteiger partial charge in [-0.15, -0.1) is 0 Å². The highest BCUT2D eigenvalue weighted by Crippen LogP contribution is 2.32. The van der Waals surface area contributed by atoms with E-state index in [-0.39, 0.29) is 5.54 Å². The molecule has 0 saturated carbocycles. The number of nitrogens with one attached hydrogen (secondary N) is 1. The van der Waals surface area contributed by atoms with Crippen molar-refractivity contribution in [2.24, 2.45) is 0 Å². The van der Waals surface area contributed by atoms with E-state index in [9.17, 15) is 0 Å². The molecule has 18 heavy (non-hydrogen) atoms. The normalized spacial score (nSPS) is 12.2. The molecule has 0 aliphatic heterocycles. The Morgan fingerprint density at radius 2 is 1.89 bits per heavy atom. The van der Waals surface area contributed by atoms with Crippen LogP contribution in [0.5, 0.6) is 0 Å². The second-order valence-electron chi connectivity index (χ2n) is 4.93. The Morgan fingerprint density at radius 3 is 2.44 bits per heavy atom. The monoisotopic (exact) mass is 263 g/mol. The van der Waals surface area contributed by atoms with Crippen molar-refractivity contribution in [3.05, 3.63) is 22.6 Å². The van der Waals surface area contributed by atoms with E-state index in [4.69, 9.17) is 12.2 Å². The molecule has 1 N–H and O–H groups in total. The molecule has 4 heteroatoms. The molecule has 0 spiro atoms. The fourth-order valence-corrected chi connectivity index (χ4v) is 3.15. The van der Waals surface area contributed by atoms with Gasteiger partial charge in [-0.2, -0.15) is 0 Å². The number of aryl methyl sites for hydroxylation is 1. The third kappa shape index (κ3) is 1.88. The van der Waals surface area contributed by atoms with Gasteiger partial charge in [0.15, 0.2) is 10.4 Å². The molecule has 2 rings (SSSR count). The van der Waals surface area contributed by atoms with Crippen LogP contribution in [0.15, 0.2) is 12.3 Å². The van der Waals surface area contributed by atoms with Crippen molar-refractivity contribution < 1.29 is 0 Å². The quantitative estimate of drug-likeness (QED) is 0.833. The summed E-state index contributed by atoms with van der Waals surface area (Å²) in [6, 6.07) is 2.11. The van der Waals surface area contributed by atoms with Gasteiger partial charge in [0.25, 0.3) is 0 Å². The van der Waals surface area contributed by atoms with E-state index < -0.39 is 0 Å². The zero-order valence-corrected chi connectivity index (χ0v) is 12.4. The van der Waals surface area contributed by atoms with Crippen LogP contribution in [-0.2, 0) is 5.54 Å². The molecule has 0 unspecified atom stereocenters. The predicted octanol–water partition coefficient (Wildman–Crippen LogP) is 4.33. The molecule has 3 nitrogen and oxygen atoms in total. The Balaban J connectivity index is 2.77. The van der Waals surface area contributed by atoms with Crippen LogP contribution in [0.4, 0.5) is 0 Å². The van der Waals surface area contributed by atoms with Crippen molar-refractivity contribution in [1.29, 1.82) is 0 Å². The number of hydrogen-bond acceptors (Lipinski definition) is 2. The lowest BCUT2D eigenvalue weighted by molar-refractivity contribution is 0.254. The molecule has 0 atom stereocenters. The summed E-state index contributed by atoms with van der Waals surface area (Å²) >= 11 is 5.51. The van der Waals surface area contributed by atoms with Crippen molar-refractivity contribution in [1.82, 2.24) is 14.5 Å². The van der Waals surface area contributed by atoms with Gasteiger partial charge in [-0.25, -0.2) is 4.98 Å². The summed E-state index contributed by atoms with van der Waals surface area (Å²) in [5.41, 5.74) is 3.26. The zero-order valence-electron chi connectivity index (χ0n) is 11.6. The van der Waals surface area contributed by atoms with Gasteiger partial charge in [0.2, 0.25) is 0 Å². The van der Waals surface area contributed by atoms with Crippen LogP contribution < -0.4 is 0 Å².